The molecule has 0 radical (unpaired) electrons. The maximum Gasteiger partial charge on any atom is 0.0714 e. The van der Waals surface area contributed by atoms with E-state index in [1.54, 1.807) is 0 Å². The van der Waals surface area contributed by atoms with Crippen molar-refractivity contribution in [2.24, 2.45) is 0 Å². The van der Waals surface area contributed by atoms with Gasteiger partial charge in [0, 0.05) is 34.1 Å². The molecule has 11 rings (SSSR count). The molecule has 10 aromatic rings. The number of hydrogen-bond acceptors (Lipinski definition) is 2. The molecule has 0 saturated heterocycles. The van der Waals surface area contributed by atoms with E-state index in [2.05, 4.69) is 265 Å². The number of rotatable bonds is 10. The minimum Gasteiger partial charge on any atom is -0.310 e. The van der Waals surface area contributed by atoms with E-state index in [0.29, 0.717) is 0 Å². The highest BCUT2D eigenvalue weighted by Gasteiger charge is 2.48. The first-order valence-electron chi connectivity index (χ1n) is 22.1. The molecule has 1 aliphatic carbocycles. The van der Waals surface area contributed by atoms with Crippen LogP contribution in [0.5, 0.6) is 0 Å². The zero-order valence-corrected chi connectivity index (χ0v) is 35.8. The minimum atomic E-state index is -0.727. The summed E-state index contributed by atoms with van der Waals surface area (Å²) in [6.45, 7) is 7.09. The second-order valence-electron chi connectivity index (χ2n) is 16.5. The molecule has 0 amide bonds. The molecule has 0 spiro atoms. The summed E-state index contributed by atoms with van der Waals surface area (Å²) in [6.07, 6.45) is 8.54. The SMILES string of the molecule is C=C(/C=C\C=C/C)C1(c2ccccc2)c2cc3cc(N(c4ccccc4)c4ccccc4)ccc3cc2-c2c1c1ccc(N(c3ccccc3)c3ccccc3)cc1c1ccccc21. The molecule has 1 aliphatic rings. The summed E-state index contributed by atoms with van der Waals surface area (Å²) in [5, 5.41) is 7.23. The molecule has 1 unspecified atom stereocenters. The van der Waals surface area contributed by atoms with Gasteiger partial charge in [0.15, 0.2) is 0 Å². The van der Waals surface area contributed by atoms with Gasteiger partial charge in [-0.05, 0) is 158 Å². The van der Waals surface area contributed by atoms with Gasteiger partial charge in [0.2, 0.25) is 0 Å². The molecule has 1 atom stereocenters. The summed E-state index contributed by atoms with van der Waals surface area (Å²) in [5.41, 5.74) is 13.1. The standard InChI is InChI=1S/C62H46N2/c1-3-4-10-23-44(2)62(47-24-11-5-12-25-47)59-42-46-40-52(63(48-26-13-6-14-27-48)49-28-15-7-16-29-49)37-36-45(46)41-58(59)60-55-35-22-21-34-54(55)57-43-53(38-39-56(57)61(60)62)64(50-30-17-8-18-31-50)51-32-19-9-20-33-51/h3-43H,2H2,1H3/b4-3-,23-10-. The van der Waals surface area contributed by atoms with E-state index in [-0.39, 0.29) is 0 Å². The average Bonchev–Trinajstić information content (AvgIpc) is 3.66. The predicted octanol–water partition coefficient (Wildman–Crippen LogP) is 17.1. The molecule has 0 fully saturated rings. The van der Waals surface area contributed by atoms with Crippen molar-refractivity contribution in [2.75, 3.05) is 9.80 Å². The largest absolute Gasteiger partial charge is 0.310 e. The Morgan fingerprint density at radius 3 is 1.48 bits per heavy atom. The van der Waals surface area contributed by atoms with Crippen LogP contribution >= 0.6 is 0 Å². The van der Waals surface area contributed by atoms with Crippen LogP contribution in [0.1, 0.15) is 23.6 Å². The number of fused-ring (bicyclic) bond motifs is 9. The lowest BCUT2D eigenvalue weighted by molar-refractivity contribution is 0.779. The first-order chi connectivity index (χ1) is 31.6. The summed E-state index contributed by atoms with van der Waals surface area (Å²) >= 11 is 0. The van der Waals surface area contributed by atoms with E-state index >= 15 is 0 Å². The van der Waals surface area contributed by atoms with Crippen LogP contribution in [-0.4, -0.2) is 0 Å². The monoisotopic (exact) mass is 818 g/mol. The number of benzene rings is 10. The topological polar surface area (TPSA) is 6.48 Å². The highest BCUT2D eigenvalue weighted by molar-refractivity contribution is 6.20. The van der Waals surface area contributed by atoms with Crippen molar-refractivity contribution >= 4 is 66.4 Å². The van der Waals surface area contributed by atoms with Crippen molar-refractivity contribution in [2.45, 2.75) is 12.3 Å². The number of allylic oxidation sites excluding steroid dienone is 5. The fourth-order valence-electron chi connectivity index (χ4n) is 10.2. The maximum atomic E-state index is 5.03. The molecule has 0 heterocycles. The third-order valence-electron chi connectivity index (χ3n) is 12.9. The van der Waals surface area contributed by atoms with Gasteiger partial charge in [-0.3, -0.25) is 0 Å². The third kappa shape index (κ3) is 6.34. The van der Waals surface area contributed by atoms with Crippen molar-refractivity contribution in [3.05, 3.63) is 278 Å². The zero-order valence-electron chi connectivity index (χ0n) is 35.8. The van der Waals surface area contributed by atoms with Gasteiger partial charge >= 0.3 is 0 Å². The van der Waals surface area contributed by atoms with Gasteiger partial charge < -0.3 is 9.80 Å². The van der Waals surface area contributed by atoms with E-state index in [4.69, 9.17) is 6.58 Å². The van der Waals surface area contributed by atoms with E-state index in [1.165, 1.54) is 60.1 Å². The lowest BCUT2D eigenvalue weighted by Crippen LogP contribution is -2.29. The number of anilines is 6. The second-order valence-corrected chi connectivity index (χ2v) is 16.5. The van der Waals surface area contributed by atoms with Crippen LogP contribution in [-0.2, 0) is 5.41 Å². The van der Waals surface area contributed by atoms with E-state index in [9.17, 15) is 0 Å². The normalized spacial score (nSPS) is 14.3. The van der Waals surface area contributed by atoms with Gasteiger partial charge in [0.1, 0.15) is 0 Å². The van der Waals surface area contributed by atoms with Crippen LogP contribution in [0.15, 0.2) is 261 Å². The number of para-hydroxylation sites is 4. The Bertz CT molecular complexity index is 3310. The molecular weight excluding hydrogens is 773 g/mol. The lowest BCUT2D eigenvalue weighted by Gasteiger charge is -2.35. The first kappa shape index (κ1) is 38.7. The van der Waals surface area contributed by atoms with Gasteiger partial charge in [-0.2, -0.15) is 0 Å². The van der Waals surface area contributed by atoms with Crippen LogP contribution in [0.3, 0.4) is 0 Å². The summed E-state index contributed by atoms with van der Waals surface area (Å²) in [5.74, 6) is 0. The minimum absolute atomic E-state index is 0.727. The maximum absolute atomic E-state index is 5.03. The van der Waals surface area contributed by atoms with Gasteiger partial charge in [0.05, 0.1) is 5.41 Å². The quantitative estimate of drug-likeness (QED) is 0.100. The Balaban J connectivity index is 1.23. The van der Waals surface area contributed by atoms with E-state index < -0.39 is 5.41 Å². The van der Waals surface area contributed by atoms with Crippen molar-refractivity contribution in [3.63, 3.8) is 0 Å². The van der Waals surface area contributed by atoms with Gasteiger partial charge in [0.25, 0.3) is 0 Å². The molecule has 304 valence electrons. The molecular formula is C62H46N2. The number of nitrogens with zero attached hydrogens (tertiary/aromatic N) is 2. The van der Waals surface area contributed by atoms with Crippen LogP contribution in [0, 0.1) is 0 Å². The van der Waals surface area contributed by atoms with Crippen molar-refractivity contribution in [1.29, 1.82) is 0 Å². The Morgan fingerprint density at radius 1 is 0.422 bits per heavy atom. The zero-order chi connectivity index (χ0) is 43.0. The molecule has 0 aliphatic heterocycles. The fourth-order valence-corrected chi connectivity index (χ4v) is 10.2. The summed E-state index contributed by atoms with van der Waals surface area (Å²) in [7, 11) is 0. The highest BCUT2D eigenvalue weighted by Crippen LogP contribution is 2.61. The van der Waals surface area contributed by atoms with E-state index in [0.717, 1.165) is 39.7 Å². The highest BCUT2D eigenvalue weighted by atomic mass is 15.1. The Labute approximate surface area is 375 Å². The average molecular weight is 819 g/mol. The van der Waals surface area contributed by atoms with E-state index in [1.807, 2.05) is 0 Å². The third-order valence-corrected chi connectivity index (χ3v) is 12.9. The molecule has 0 bridgehead atoms. The van der Waals surface area contributed by atoms with Gasteiger partial charge in [-0.1, -0.05) is 170 Å². The molecule has 64 heavy (non-hydrogen) atoms. The molecule has 10 aromatic carbocycles. The predicted molar refractivity (Wildman–Crippen MR) is 273 cm³/mol. The number of hydrogen-bond donors (Lipinski definition) is 0. The van der Waals surface area contributed by atoms with Crippen molar-refractivity contribution in [1.82, 2.24) is 0 Å². The second kappa shape index (κ2) is 16.2. The smallest absolute Gasteiger partial charge is 0.0714 e. The summed E-state index contributed by atoms with van der Waals surface area (Å²) < 4.78 is 0. The summed E-state index contributed by atoms with van der Waals surface area (Å²) in [4.78, 5) is 4.70. The van der Waals surface area contributed by atoms with Gasteiger partial charge in [-0.25, -0.2) is 0 Å². The Morgan fingerprint density at radius 2 is 0.922 bits per heavy atom. The van der Waals surface area contributed by atoms with Crippen molar-refractivity contribution < 1.29 is 0 Å². The Kier molecular flexibility index (Phi) is 9.83. The molecule has 2 nitrogen and oxygen atoms in total. The van der Waals surface area contributed by atoms with Crippen molar-refractivity contribution in [3.8, 4) is 11.1 Å². The van der Waals surface area contributed by atoms with Crippen LogP contribution in [0.4, 0.5) is 34.1 Å². The molecule has 0 aromatic heterocycles. The van der Waals surface area contributed by atoms with Crippen LogP contribution < -0.4 is 9.80 Å². The van der Waals surface area contributed by atoms with Gasteiger partial charge in [-0.15, -0.1) is 0 Å². The van der Waals surface area contributed by atoms with Crippen LogP contribution in [0.2, 0.25) is 0 Å². The molecule has 2 heteroatoms. The summed E-state index contributed by atoms with van der Waals surface area (Å²) in [6, 6.07) is 81.6. The molecule has 0 saturated carbocycles. The van der Waals surface area contributed by atoms with Crippen LogP contribution in [0.25, 0.3) is 43.4 Å². The first-order valence-corrected chi connectivity index (χ1v) is 22.1. The lowest BCUT2D eigenvalue weighted by atomic mass is 9.66. The fraction of sp³-hybridized carbons (Fsp3) is 0.0323. The Hall–Kier alpha value is -8.20. The molecule has 0 N–H and O–H groups in total.